The van der Waals surface area contributed by atoms with Gasteiger partial charge in [0, 0.05) is 11.8 Å². The fourth-order valence-electron chi connectivity index (χ4n) is 2.28. The van der Waals surface area contributed by atoms with Crippen LogP contribution in [-0.2, 0) is 11.3 Å². The fraction of sp³-hybridized carbons (Fsp3) is 0.200. The molecule has 1 amide bonds. The highest BCUT2D eigenvalue weighted by molar-refractivity contribution is 5.99. The number of para-hydroxylation sites is 2. The molecule has 1 unspecified atom stereocenters. The van der Waals surface area contributed by atoms with E-state index in [1.165, 1.54) is 0 Å². The number of pyridine rings is 1. The van der Waals surface area contributed by atoms with E-state index in [0.29, 0.717) is 18.1 Å². The van der Waals surface area contributed by atoms with E-state index >= 15 is 0 Å². The summed E-state index contributed by atoms with van der Waals surface area (Å²) in [6, 6.07) is 11.2. The second kappa shape index (κ2) is 4.85. The van der Waals surface area contributed by atoms with Crippen molar-refractivity contribution in [1.82, 2.24) is 4.98 Å². The summed E-state index contributed by atoms with van der Waals surface area (Å²) in [5.74, 6) is 1.07. The molecule has 0 saturated heterocycles. The van der Waals surface area contributed by atoms with Gasteiger partial charge in [0.15, 0.2) is 6.10 Å². The zero-order valence-electron chi connectivity index (χ0n) is 11.1. The SMILES string of the molecule is CC1Oc2ccccc2N(Cc2cccnc2N)C1=O. The van der Waals surface area contributed by atoms with Crippen molar-refractivity contribution in [3.05, 3.63) is 48.2 Å². The zero-order valence-corrected chi connectivity index (χ0v) is 11.1. The Morgan fingerprint density at radius 3 is 2.90 bits per heavy atom. The number of aromatic nitrogens is 1. The molecule has 2 aromatic rings. The Morgan fingerprint density at radius 2 is 2.10 bits per heavy atom. The number of carbonyl (C=O) groups is 1. The maximum absolute atomic E-state index is 12.3. The quantitative estimate of drug-likeness (QED) is 0.905. The van der Waals surface area contributed by atoms with Crippen LogP contribution in [0.3, 0.4) is 0 Å². The highest BCUT2D eigenvalue weighted by atomic mass is 16.5. The van der Waals surface area contributed by atoms with Gasteiger partial charge in [0.2, 0.25) is 0 Å². The van der Waals surface area contributed by atoms with Crippen molar-refractivity contribution in [2.45, 2.75) is 19.6 Å². The van der Waals surface area contributed by atoms with Gasteiger partial charge in [0.1, 0.15) is 11.6 Å². The molecule has 1 atom stereocenters. The molecule has 0 spiro atoms. The normalized spacial score (nSPS) is 17.6. The Labute approximate surface area is 117 Å². The van der Waals surface area contributed by atoms with Crippen LogP contribution in [-0.4, -0.2) is 17.0 Å². The molecule has 5 heteroatoms. The van der Waals surface area contributed by atoms with Crippen LogP contribution in [0.25, 0.3) is 0 Å². The second-order valence-electron chi connectivity index (χ2n) is 4.70. The Morgan fingerprint density at radius 1 is 1.30 bits per heavy atom. The van der Waals surface area contributed by atoms with Crippen molar-refractivity contribution in [3.63, 3.8) is 0 Å². The first-order chi connectivity index (χ1) is 9.66. The summed E-state index contributed by atoms with van der Waals surface area (Å²) in [6.45, 7) is 2.14. The zero-order chi connectivity index (χ0) is 14.1. The van der Waals surface area contributed by atoms with E-state index in [1.807, 2.05) is 36.4 Å². The molecule has 0 radical (unpaired) electrons. The number of nitrogen functional groups attached to an aromatic ring is 1. The average Bonchev–Trinajstić information content (AvgIpc) is 2.46. The molecule has 5 nitrogen and oxygen atoms in total. The molecule has 3 rings (SSSR count). The maximum atomic E-state index is 12.3. The molecular weight excluding hydrogens is 254 g/mol. The van der Waals surface area contributed by atoms with Crippen molar-refractivity contribution >= 4 is 17.4 Å². The second-order valence-corrected chi connectivity index (χ2v) is 4.70. The Balaban J connectivity index is 2.00. The van der Waals surface area contributed by atoms with Crippen LogP contribution in [0, 0.1) is 0 Å². The van der Waals surface area contributed by atoms with E-state index in [9.17, 15) is 4.79 Å². The van der Waals surface area contributed by atoms with Crippen LogP contribution in [0.5, 0.6) is 5.75 Å². The van der Waals surface area contributed by atoms with Gasteiger partial charge < -0.3 is 15.4 Å². The molecule has 102 valence electrons. The molecule has 0 saturated carbocycles. The molecule has 1 aliphatic heterocycles. The van der Waals surface area contributed by atoms with Gasteiger partial charge in [-0.1, -0.05) is 18.2 Å². The first-order valence-corrected chi connectivity index (χ1v) is 6.43. The summed E-state index contributed by atoms with van der Waals surface area (Å²) in [7, 11) is 0. The summed E-state index contributed by atoms with van der Waals surface area (Å²) in [6.07, 6.45) is 1.14. The maximum Gasteiger partial charge on any atom is 0.268 e. The van der Waals surface area contributed by atoms with Gasteiger partial charge in [0.05, 0.1) is 12.2 Å². The monoisotopic (exact) mass is 269 g/mol. The van der Waals surface area contributed by atoms with Gasteiger partial charge >= 0.3 is 0 Å². The van der Waals surface area contributed by atoms with E-state index in [4.69, 9.17) is 10.5 Å². The third-order valence-electron chi connectivity index (χ3n) is 3.33. The standard InChI is InChI=1S/C15H15N3O2/c1-10-15(19)18(9-11-5-4-8-17-14(11)16)12-6-2-3-7-13(12)20-10/h2-8,10H,9H2,1H3,(H2,16,17). The highest BCUT2D eigenvalue weighted by Crippen LogP contribution is 2.34. The van der Waals surface area contributed by atoms with E-state index in [1.54, 1.807) is 18.0 Å². The molecule has 1 aliphatic rings. The van der Waals surface area contributed by atoms with E-state index in [2.05, 4.69) is 4.98 Å². The average molecular weight is 269 g/mol. The molecule has 2 heterocycles. The molecule has 0 aliphatic carbocycles. The van der Waals surface area contributed by atoms with Gasteiger partial charge in [-0.05, 0) is 25.1 Å². The van der Waals surface area contributed by atoms with Crippen molar-refractivity contribution < 1.29 is 9.53 Å². The molecule has 20 heavy (non-hydrogen) atoms. The summed E-state index contributed by atoms with van der Waals surface area (Å²) >= 11 is 0. The van der Waals surface area contributed by atoms with Gasteiger partial charge in [-0.25, -0.2) is 4.98 Å². The number of nitrogens with zero attached hydrogens (tertiary/aromatic N) is 2. The summed E-state index contributed by atoms with van der Waals surface area (Å²) < 4.78 is 5.60. The molecule has 0 fully saturated rings. The van der Waals surface area contributed by atoms with E-state index in [-0.39, 0.29) is 5.91 Å². The largest absolute Gasteiger partial charge is 0.479 e. The third kappa shape index (κ3) is 2.07. The van der Waals surface area contributed by atoms with Crippen LogP contribution < -0.4 is 15.4 Å². The lowest BCUT2D eigenvalue weighted by Crippen LogP contribution is -2.44. The number of anilines is 2. The molecular formula is C15H15N3O2. The van der Waals surface area contributed by atoms with Crippen molar-refractivity contribution in [1.29, 1.82) is 0 Å². The Hall–Kier alpha value is -2.56. The predicted octanol–water partition coefficient (Wildman–Crippen LogP) is 1.98. The minimum Gasteiger partial charge on any atom is -0.479 e. The lowest BCUT2D eigenvalue weighted by Gasteiger charge is -2.33. The van der Waals surface area contributed by atoms with Gasteiger partial charge in [0.25, 0.3) is 5.91 Å². The van der Waals surface area contributed by atoms with Gasteiger partial charge in [-0.2, -0.15) is 0 Å². The number of rotatable bonds is 2. The first-order valence-electron chi connectivity index (χ1n) is 6.43. The summed E-state index contributed by atoms with van der Waals surface area (Å²) in [5.41, 5.74) is 7.44. The van der Waals surface area contributed by atoms with Crippen molar-refractivity contribution in [2.24, 2.45) is 0 Å². The lowest BCUT2D eigenvalue weighted by atomic mass is 10.1. The lowest BCUT2D eigenvalue weighted by molar-refractivity contribution is -0.125. The molecule has 2 N–H and O–H groups in total. The van der Waals surface area contributed by atoms with Crippen LogP contribution in [0.2, 0.25) is 0 Å². The summed E-state index contributed by atoms with van der Waals surface area (Å²) in [5, 5.41) is 0. The highest BCUT2D eigenvalue weighted by Gasteiger charge is 2.31. The number of ether oxygens (including phenoxy) is 1. The van der Waals surface area contributed by atoms with Gasteiger partial charge in [-0.3, -0.25) is 4.79 Å². The number of hydrogen-bond acceptors (Lipinski definition) is 4. The van der Waals surface area contributed by atoms with Gasteiger partial charge in [-0.15, -0.1) is 0 Å². The minimum absolute atomic E-state index is 0.0769. The smallest absolute Gasteiger partial charge is 0.268 e. The Bertz CT molecular complexity index is 657. The predicted molar refractivity (Wildman–Crippen MR) is 76.4 cm³/mol. The van der Waals surface area contributed by atoms with Crippen molar-refractivity contribution in [3.8, 4) is 5.75 Å². The number of benzene rings is 1. The fourth-order valence-corrected chi connectivity index (χ4v) is 2.28. The number of nitrogens with two attached hydrogens (primary N) is 1. The third-order valence-corrected chi connectivity index (χ3v) is 3.33. The topological polar surface area (TPSA) is 68.4 Å². The molecule has 1 aromatic heterocycles. The van der Waals surface area contributed by atoms with E-state index in [0.717, 1.165) is 11.3 Å². The van der Waals surface area contributed by atoms with Crippen LogP contribution >= 0.6 is 0 Å². The number of amides is 1. The minimum atomic E-state index is -0.497. The molecule has 0 bridgehead atoms. The number of fused-ring (bicyclic) bond motifs is 1. The van der Waals surface area contributed by atoms with Crippen LogP contribution in [0.1, 0.15) is 12.5 Å². The van der Waals surface area contributed by atoms with Crippen molar-refractivity contribution in [2.75, 3.05) is 10.6 Å². The summed E-state index contributed by atoms with van der Waals surface area (Å²) in [4.78, 5) is 18.1. The van der Waals surface area contributed by atoms with E-state index < -0.39 is 6.10 Å². The number of carbonyl (C=O) groups excluding carboxylic acids is 1. The first kappa shape index (κ1) is 12.5. The number of hydrogen-bond donors (Lipinski definition) is 1. The molecule has 1 aromatic carbocycles. The van der Waals surface area contributed by atoms with Crippen LogP contribution in [0.15, 0.2) is 42.6 Å². The Kier molecular flexibility index (Phi) is 3.02. The van der Waals surface area contributed by atoms with Crippen LogP contribution in [0.4, 0.5) is 11.5 Å².